The second-order valence-corrected chi connectivity index (χ2v) is 4.11. The van der Waals surface area contributed by atoms with Crippen molar-refractivity contribution < 1.29 is 27.9 Å². The SMILES string of the molecule is CCCC[C@H](NC(=O)N(CC)CC(F)(F)F)C(=O)O. The molecule has 0 fully saturated rings. The van der Waals surface area contributed by atoms with Crippen LogP contribution in [0.3, 0.4) is 0 Å². The lowest BCUT2D eigenvalue weighted by molar-refractivity contribution is -0.140. The summed E-state index contributed by atoms with van der Waals surface area (Å²) in [6.07, 6.45) is -3.00. The highest BCUT2D eigenvalue weighted by atomic mass is 19.4. The van der Waals surface area contributed by atoms with Crippen molar-refractivity contribution >= 4 is 12.0 Å². The van der Waals surface area contributed by atoms with Gasteiger partial charge in [0.05, 0.1) is 0 Å². The van der Waals surface area contributed by atoms with E-state index < -0.39 is 30.8 Å². The Kier molecular flexibility index (Phi) is 7.25. The standard InChI is InChI=1S/C11H19F3N2O3/c1-3-5-6-8(9(17)18)15-10(19)16(4-2)7-11(12,13)14/h8H,3-7H2,1-2H3,(H,15,19)(H,17,18)/t8-/m0/s1. The third kappa shape index (κ3) is 7.53. The summed E-state index contributed by atoms with van der Waals surface area (Å²) in [5.74, 6) is -1.25. The zero-order chi connectivity index (χ0) is 15.1. The Hall–Kier alpha value is -1.47. The molecule has 2 amide bonds. The maximum absolute atomic E-state index is 12.2. The number of aliphatic carboxylic acids is 1. The van der Waals surface area contributed by atoms with Crippen LogP contribution >= 0.6 is 0 Å². The van der Waals surface area contributed by atoms with Crippen LogP contribution in [0.25, 0.3) is 0 Å². The summed E-state index contributed by atoms with van der Waals surface area (Å²) in [6, 6.07) is -2.17. The molecule has 0 saturated carbocycles. The van der Waals surface area contributed by atoms with E-state index in [0.29, 0.717) is 11.3 Å². The number of nitrogens with zero attached hydrogens (tertiary/aromatic N) is 1. The summed E-state index contributed by atoms with van der Waals surface area (Å²) in [6.45, 7) is 1.71. The van der Waals surface area contributed by atoms with Crippen LogP contribution in [-0.4, -0.2) is 47.3 Å². The smallest absolute Gasteiger partial charge is 0.406 e. The molecule has 0 aliphatic rings. The van der Waals surface area contributed by atoms with Crippen molar-refractivity contribution in [1.82, 2.24) is 10.2 Å². The highest BCUT2D eigenvalue weighted by Crippen LogP contribution is 2.16. The third-order valence-corrected chi connectivity index (χ3v) is 2.48. The van der Waals surface area contributed by atoms with Gasteiger partial charge in [0.1, 0.15) is 12.6 Å². The first-order valence-corrected chi connectivity index (χ1v) is 6.06. The summed E-state index contributed by atoms with van der Waals surface area (Å²) >= 11 is 0. The Labute approximate surface area is 109 Å². The number of carboxylic acids is 1. The number of hydrogen-bond acceptors (Lipinski definition) is 2. The molecule has 0 unspecified atom stereocenters. The highest BCUT2D eigenvalue weighted by Gasteiger charge is 2.33. The monoisotopic (exact) mass is 284 g/mol. The summed E-state index contributed by atoms with van der Waals surface area (Å²) in [5.41, 5.74) is 0. The lowest BCUT2D eigenvalue weighted by Crippen LogP contribution is -2.50. The quantitative estimate of drug-likeness (QED) is 0.753. The molecule has 0 aromatic carbocycles. The van der Waals surface area contributed by atoms with Crippen molar-refractivity contribution in [1.29, 1.82) is 0 Å². The maximum atomic E-state index is 12.2. The number of unbranched alkanes of at least 4 members (excludes halogenated alkanes) is 1. The fourth-order valence-electron chi connectivity index (χ4n) is 1.45. The molecule has 0 aliphatic heterocycles. The van der Waals surface area contributed by atoms with Gasteiger partial charge in [-0.1, -0.05) is 19.8 Å². The lowest BCUT2D eigenvalue weighted by atomic mass is 10.1. The molecule has 19 heavy (non-hydrogen) atoms. The van der Waals surface area contributed by atoms with E-state index in [9.17, 15) is 22.8 Å². The van der Waals surface area contributed by atoms with Crippen LogP contribution in [-0.2, 0) is 4.79 Å². The third-order valence-electron chi connectivity index (χ3n) is 2.48. The first kappa shape index (κ1) is 17.5. The number of rotatable bonds is 7. The molecular weight excluding hydrogens is 265 g/mol. The van der Waals surface area contributed by atoms with Gasteiger partial charge in [0.2, 0.25) is 0 Å². The Morgan fingerprint density at radius 1 is 1.32 bits per heavy atom. The first-order chi connectivity index (χ1) is 8.71. The Bertz CT molecular complexity index is 308. The van der Waals surface area contributed by atoms with E-state index >= 15 is 0 Å². The Morgan fingerprint density at radius 2 is 1.89 bits per heavy atom. The number of amides is 2. The van der Waals surface area contributed by atoms with Crippen LogP contribution in [0.1, 0.15) is 33.1 Å². The van der Waals surface area contributed by atoms with Gasteiger partial charge in [-0.25, -0.2) is 9.59 Å². The average Bonchev–Trinajstić information content (AvgIpc) is 2.29. The lowest BCUT2D eigenvalue weighted by Gasteiger charge is -2.24. The van der Waals surface area contributed by atoms with Gasteiger partial charge in [-0.3, -0.25) is 0 Å². The predicted molar refractivity (Wildman–Crippen MR) is 62.8 cm³/mol. The Morgan fingerprint density at radius 3 is 2.26 bits per heavy atom. The molecule has 8 heteroatoms. The summed E-state index contributed by atoms with van der Waals surface area (Å²) < 4.78 is 36.6. The van der Waals surface area contributed by atoms with E-state index in [1.165, 1.54) is 6.92 Å². The fourth-order valence-corrected chi connectivity index (χ4v) is 1.45. The van der Waals surface area contributed by atoms with Gasteiger partial charge in [0, 0.05) is 6.54 Å². The van der Waals surface area contributed by atoms with Crippen molar-refractivity contribution in [2.45, 2.75) is 45.3 Å². The molecule has 0 radical (unpaired) electrons. The summed E-state index contributed by atoms with van der Waals surface area (Å²) in [4.78, 5) is 23.0. The van der Waals surface area contributed by atoms with E-state index in [4.69, 9.17) is 5.11 Å². The first-order valence-electron chi connectivity index (χ1n) is 6.06. The van der Waals surface area contributed by atoms with Gasteiger partial charge in [-0.2, -0.15) is 13.2 Å². The fraction of sp³-hybridized carbons (Fsp3) is 0.818. The molecule has 0 aromatic heterocycles. The minimum absolute atomic E-state index is 0.147. The molecular formula is C11H19F3N2O3. The topological polar surface area (TPSA) is 69.6 Å². The molecule has 1 atom stereocenters. The van der Waals surface area contributed by atoms with Gasteiger partial charge in [-0.15, -0.1) is 0 Å². The second kappa shape index (κ2) is 7.85. The molecule has 0 spiro atoms. The molecule has 0 bridgehead atoms. The Balaban J connectivity index is 4.55. The van der Waals surface area contributed by atoms with Gasteiger partial charge in [-0.05, 0) is 13.3 Å². The van der Waals surface area contributed by atoms with Crippen molar-refractivity contribution in [3.05, 3.63) is 0 Å². The zero-order valence-electron chi connectivity index (χ0n) is 11.0. The van der Waals surface area contributed by atoms with Crippen LogP contribution in [0, 0.1) is 0 Å². The van der Waals surface area contributed by atoms with E-state index in [1.807, 2.05) is 6.92 Å². The molecule has 5 nitrogen and oxygen atoms in total. The number of nitrogens with one attached hydrogen (secondary N) is 1. The van der Waals surface area contributed by atoms with E-state index in [1.54, 1.807) is 0 Å². The van der Waals surface area contributed by atoms with Crippen molar-refractivity contribution in [3.8, 4) is 0 Å². The van der Waals surface area contributed by atoms with Crippen LogP contribution in [0.5, 0.6) is 0 Å². The number of carbonyl (C=O) groups excluding carboxylic acids is 1. The number of urea groups is 1. The summed E-state index contributed by atoms with van der Waals surface area (Å²) in [7, 11) is 0. The number of carboxylic acid groups (broad SMARTS) is 1. The number of carbonyl (C=O) groups is 2. The van der Waals surface area contributed by atoms with Crippen LogP contribution in [0.15, 0.2) is 0 Å². The second-order valence-electron chi connectivity index (χ2n) is 4.11. The molecule has 0 rings (SSSR count). The van der Waals surface area contributed by atoms with E-state index in [2.05, 4.69) is 5.32 Å². The molecule has 0 heterocycles. The van der Waals surface area contributed by atoms with Crippen LogP contribution in [0.2, 0.25) is 0 Å². The molecule has 2 N–H and O–H groups in total. The van der Waals surface area contributed by atoms with E-state index in [-0.39, 0.29) is 13.0 Å². The molecule has 0 saturated heterocycles. The van der Waals surface area contributed by atoms with Gasteiger partial charge < -0.3 is 15.3 Å². The van der Waals surface area contributed by atoms with Gasteiger partial charge in [0.15, 0.2) is 0 Å². The summed E-state index contributed by atoms with van der Waals surface area (Å²) in [5, 5.41) is 11.0. The number of halogens is 3. The predicted octanol–water partition coefficient (Wildman–Crippen LogP) is 2.22. The zero-order valence-corrected chi connectivity index (χ0v) is 11.0. The van der Waals surface area contributed by atoms with Crippen molar-refractivity contribution in [3.63, 3.8) is 0 Å². The highest BCUT2D eigenvalue weighted by molar-refractivity contribution is 5.82. The minimum atomic E-state index is -4.50. The molecule has 0 aliphatic carbocycles. The van der Waals surface area contributed by atoms with E-state index in [0.717, 1.165) is 6.42 Å². The largest absolute Gasteiger partial charge is 0.480 e. The number of hydrogen-bond donors (Lipinski definition) is 2. The molecule has 112 valence electrons. The van der Waals surface area contributed by atoms with Crippen molar-refractivity contribution in [2.24, 2.45) is 0 Å². The van der Waals surface area contributed by atoms with Gasteiger partial charge >= 0.3 is 18.2 Å². The molecule has 0 aromatic rings. The number of alkyl halides is 3. The maximum Gasteiger partial charge on any atom is 0.406 e. The normalized spacial score (nSPS) is 12.9. The average molecular weight is 284 g/mol. The van der Waals surface area contributed by atoms with Crippen LogP contribution in [0.4, 0.5) is 18.0 Å². The minimum Gasteiger partial charge on any atom is -0.480 e. The van der Waals surface area contributed by atoms with Gasteiger partial charge in [0.25, 0.3) is 0 Å². The van der Waals surface area contributed by atoms with Crippen LogP contribution < -0.4 is 5.32 Å². The van der Waals surface area contributed by atoms with Crippen molar-refractivity contribution in [2.75, 3.05) is 13.1 Å².